The molecule has 2 aromatic carbocycles. The van der Waals surface area contributed by atoms with Gasteiger partial charge in [-0.25, -0.2) is 9.79 Å². The maximum absolute atomic E-state index is 11.6. The van der Waals surface area contributed by atoms with Gasteiger partial charge in [-0.2, -0.15) is 5.10 Å². The molecule has 0 bridgehead atoms. The van der Waals surface area contributed by atoms with E-state index >= 15 is 0 Å². The van der Waals surface area contributed by atoms with Gasteiger partial charge in [-0.3, -0.25) is 9.58 Å². The van der Waals surface area contributed by atoms with Crippen LogP contribution in [0.1, 0.15) is 46.3 Å². The number of aromatic hydroxyl groups is 1. The van der Waals surface area contributed by atoms with Crippen LogP contribution >= 0.6 is 0 Å². The van der Waals surface area contributed by atoms with E-state index in [-0.39, 0.29) is 11.4 Å². The first kappa shape index (κ1) is 22.9. The van der Waals surface area contributed by atoms with Crippen molar-refractivity contribution in [3.05, 3.63) is 77.1 Å². The monoisotopic (exact) mass is 471 g/mol. The average Bonchev–Trinajstić information content (AvgIpc) is 3.40. The Morgan fingerprint density at radius 3 is 2.43 bits per heavy atom. The number of aromatic carboxylic acids is 1. The minimum Gasteiger partial charge on any atom is -0.494 e. The third-order valence-electron chi connectivity index (χ3n) is 6.66. The average molecular weight is 472 g/mol. The Kier molecular flexibility index (Phi) is 6.13. The van der Waals surface area contributed by atoms with Crippen molar-refractivity contribution < 1.29 is 15.0 Å². The molecule has 2 N–H and O–H groups in total. The van der Waals surface area contributed by atoms with E-state index in [1.807, 2.05) is 25.4 Å². The van der Waals surface area contributed by atoms with Crippen LogP contribution in [0.15, 0.2) is 59.9 Å². The molecule has 1 aliphatic rings. The standard InChI is InChI=1S/C27H29N5O3/c1-30-17-20(15-28-30)25(24-22-14-19(27(34)35)8-11-23(22)31(2)26(24)33)29-21-9-6-18(7-10-21)16-32-12-4-3-5-13-32/h6-11,14-15,17,33H,3-5,12-13,16H2,1-2H3,(H,34,35). The molecular formula is C27H29N5O3. The van der Waals surface area contributed by atoms with Crippen molar-refractivity contribution in [1.29, 1.82) is 0 Å². The van der Waals surface area contributed by atoms with Gasteiger partial charge in [0.1, 0.15) is 0 Å². The molecule has 2 aromatic heterocycles. The minimum atomic E-state index is -1.02. The molecule has 0 saturated carbocycles. The second-order valence-corrected chi connectivity index (χ2v) is 9.16. The van der Waals surface area contributed by atoms with Crippen LogP contribution in [0.2, 0.25) is 0 Å². The first-order valence-corrected chi connectivity index (χ1v) is 11.8. The van der Waals surface area contributed by atoms with E-state index in [0.29, 0.717) is 16.7 Å². The van der Waals surface area contributed by atoms with Crippen molar-refractivity contribution in [2.24, 2.45) is 19.1 Å². The van der Waals surface area contributed by atoms with Gasteiger partial charge in [-0.05, 0) is 61.8 Å². The second kappa shape index (κ2) is 9.38. The third kappa shape index (κ3) is 4.57. The lowest BCUT2D eigenvalue weighted by molar-refractivity contribution is 0.0697. The lowest BCUT2D eigenvalue weighted by Crippen LogP contribution is -2.28. The van der Waals surface area contributed by atoms with Gasteiger partial charge in [0.15, 0.2) is 0 Å². The zero-order valence-electron chi connectivity index (χ0n) is 20.0. The Balaban J connectivity index is 1.59. The van der Waals surface area contributed by atoms with Gasteiger partial charge < -0.3 is 14.8 Å². The number of carboxylic acid groups (broad SMARTS) is 1. The summed E-state index contributed by atoms with van der Waals surface area (Å²) >= 11 is 0. The SMILES string of the molecule is Cn1cc(C(=Nc2ccc(CN3CCCCC3)cc2)c2c(O)n(C)c3ccc(C(=O)O)cc23)cn1. The normalized spacial score (nSPS) is 15.1. The molecule has 3 heterocycles. The number of fused-ring (bicyclic) bond motifs is 1. The molecule has 0 unspecified atom stereocenters. The molecule has 1 saturated heterocycles. The van der Waals surface area contributed by atoms with Gasteiger partial charge in [-0.1, -0.05) is 18.6 Å². The summed E-state index contributed by atoms with van der Waals surface area (Å²) in [5.41, 5.74) is 4.61. The van der Waals surface area contributed by atoms with Crippen LogP contribution in [0.4, 0.5) is 5.69 Å². The number of benzene rings is 2. The van der Waals surface area contributed by atoms with Gasteiger partial charge in [0, 0.05) is 37.8 Å². The summed E-state index contributed by atoms with van der Waals surface area (Å²) in [5.74, 6) is -1.00. The summed E-state index contributed by atoms with van der Waals surface area (Å²) in [7, 11) is 3.57. The molecule has 4 aromatic rings. The quantitative estimate of drug-likeness (QED) is 0.405. The van der Waals surface area contributed by atoms with Crippen LogP contribution in [0, 0.1) is 0 Å². The molecule has 0 amide bonds. The zero-order valence-corrected chi connectivity index (χ0v) is 20.0. The smallest absolute Gasteiger partial charge is 0.335 e. The van der Waals surface area contributed by atoms with E-state index in [9.17, 15) is 15.0 Å². The summed E-state index contributed by atoms with van der Waals surface area (Å²) in [4.78, 5) is 19.1. The van der Waals surface area contributed by atoms with E-state index in [4.69, 9.17) is 4.99 Å². The number of carboxylic acids is 1. The molecule has 8 nitrogen and oxygen atoms in total. The van der Waals surface area contributed by atoms with Crippen LogP contribution in [0.25, 0.3) is 10.9 Å². The number of aryl methyl sites for hydroxylation is 2. The molecule has 180 valence electrons. The van der Waals surface area contributed by atoms with Crippen molar-refractivity contribution in [2.45, 2.75) is 25.8 Å². The van der Waals surface area contributed by atoms with Crippen LogP contribution in [0.3, 0.4) is 0 Å². The number of aliphatic imine (C=N–C) groups is 1. The Morgan fingerprint density at radius 2 is 1.77 bits per heavy atom. The summed E-state index contributed by atoms with van der Waals surface area (Å²) in [6.07, 6.45) is 7.37. The molecule has 1 aliphatic heterocycles. The highest BCUT2D eigenvalue weighted by Gasteiger charge is 2.23. The number of likely N-dealkylation sites (tertiary alicyclic amines) is 1. The number of hydrogen-bond donors (Lipinski definition) is 2. The molecular weight excluding hydrogens is 442 g/mol. The van der Waals surface area contributed by atoms with Crippen LogP contribution in [-0.4, -0.2) is 54.2 Å². The predicted molar refractivity (Wildman–Crippen MR) is 136 cm³/mol. The van der Waals surface area contributed by atoms with Crippen molar-refractivity contribution in [3.63, 3.8) is 0 Å². The highest BCUT2D eigenvalue weighted by Crippen LogP contribution is 2.34. The topological polar surface area (TPSA) is 95.9 Å². The summed E-state index contributed by atoms with van der Waals surface area (Å²) < 4.78 is 3.32. The van der Waals surface area contributed by atoms with Gasteiger partial charge in [0.2, 0.25) is 5.88 Å². The van der Waals surface area contributed by atoms with E-state index in [1.165, 1.54) is 30.9 Å². The summed E-state index contributed by atoms with van der Waals surface area (Å²) in [6.45, 7) is 3.22. The number of aromatic nitrogens is 3. The molecule has 0 spiro atoms. The molecule has 5 rings (SSSR count). The highest BCUT2D eigenvalue weighted by molar-refractivity contribution is 6.22. The Hall–Kier alpha value is -3.91. The fourth-order valence-electron chi connectivity index (χ4n) is 4.79. The van der Waals surface area contributed by atoms with E-state index in [1.54, 1.807) is 34.6 Å². The molecule has 0 radical (unpaired) electrons. The van der Waals surface area contributed by atoms with Gasteiger partial charge in [0.05, 0.1) is 34.2 Å². The molecule has 0 atom stereocenters. The lowest BCUT2D eigenvalue weighted by atomic mass is 10.0. The van der Waals surface area contributed by atoms with Gasteiger partial charge in [-0.15, -0.1) is 0 Å². The van der Waals surface area contributed by atoms with E-state index < -0.39 is 5.97 Å². The largest absolute Gasteiger partial charge is 0.494 e. The Morgan fingerprint density at radius 1 is 1.03 bits per heavy atom. The lowest BCUT2D eigenvalue weighted by Gasteiger charge is -2.26. The molecule has 0 aliphatic carbocycles. The van der Waals surface area contributed by atoms with Crippen molar-refractivity contribution in [1.82, 2.24) is 19.2 Å². The van der Waals surface area contributed by atoms with Crippen molar-refractivity contribution >= 4 is 28.3 Å². The van der Waals surface area contributed by atoms with Crippen LogP contribution in [0.5, 0.6) is 5.88 Å². The number of nitrogens with zero attached hydrogens (tertiary/aromatic N) is 5. The number of piperidine rings is 1. The van der Waals surface area contributed by atoms with E-state index in [2.05, 4.69) is 22.1 Å². The fraction of sp³-hybridized carbons (Fsp3) is 0.296. The molecule has 1 fully saturated rings. The Labute approximate surface area is 203 Å². The van der Waals surface area contributed by atoms with Crippen LogP contribution < -0.4 is 0 Å². The maximum Gasteiger partial charge on any atom is 0.335 e. The Bertz CT molecular complexity index is 1410. The number of carbonyl (C=O) groups is 1. The second-order valence-electron chi connectivity index (χ2n) is 9.16. The first-order chi connectivity index (χ1) is 16.9. The van der Waals surface area contributed by atoms with Crippen LogP contribution in [-0.2, 0) is 20.6 Å². The third-order valence-corrected chi connectivity index (χ3v) is 6.66. The summed E-state index contributed by atoms with van der Waals surface area (Å²) in [6, 6.07) is 13.0. The van der Waals surface area contributed by atoms with Crippen molar-refractivity contribution in [2.75, 3.05) is 13.1 Å². The predicted octanol–water partition coefficient (Wildman–Crippen LogP) is 4.47. The molecule has 35 heavy (non-hydrogen) atoms. The minimum absolute atomic E-state index is 0.0202. The van der Waals surface area contributed by atoms with Gasteiger partial charge in [0.25, 0.3) is 0 Å². The van der Waals surface area contributed by atoms with Gasteiger partial charge >= 0.3 is 5.97 Å². The van der Waals surface area contributed by atoms with E-state index in [0.717, 1.165) is 36.4 Å². The zero-order chi connectivity index (χ0) is 24.5. The number of hydrogen-bond acceptors (Lipinski definition) is 5. The van der Waals surface area contributed by atoms with Crippen molar-refractivity contribution in [3.8, 4) is 5.88 Å². The first-order valence-electron chi connectivity index (χ1n) is 11.8. The number of rotatable bonds is 6. The maximum atomic E-state index is 11.6. The molecule has 8 heteroatoms. The summed E-state index contributed by atoms with van der Waals surface area (Å²) in [5, 5.41) is 25.5. The highest BCUT2D eigenvalue weighted by atomic mass is 16.4. The fourth-order valence-corrected chi connectivity index (χ4v) is 4.79.